The number of amides is 1. The van der Waals surface area contributed by atoms with Crippen LogP contribution in [0.2, 0.25) is 0 Å². The van der Waals surface area contributed by atoms with Gasteiger partial charge in [-0.3, -0.25) is 4.79 Å². The van der Waals surface area contributed by atoms with Gasteiger partial charge in [0.25, 0.3) is 5.91 Å². The Kier molecular flexibility index (Phi) is 11.1. The Hall–Kier alpha value is -1.68. The molecule has 154 valence electrons. The van der Waals surface area contributed by atoms with Crippen LogP contribution >= 0.6 is 35.3 Å². The van der Waals surface area contributed by atoms with E-state index in [0.29, 0.717) is 12.1 Å². The Balaban J connectivity index is 0.00000392. The number of aliphatic imine (C=N–C) groups is 1. The zero-order valence-electron chi connectivity index (χ0n) is 17.0. The molecule has 0 atom stereocenters. The van der Waals surface area contributed by atoms with Crippen LogP contribution in [0.25, 0.3) is 0 Å². The van der Waals surface area contributed by atoms with Gasteiger partial charge in [0, 0.05) is 44.5 Å². The number of aromatic nitrogens is 1. The van der Waals surface area contributed by atoms with Crippen LogP contribution in [0.4, 0.5) is 0 Å². The van der Waals surface area contributed by atoms with Crippen molar-refractivity contribution in [3.8, 4) is 0 Å². The first-order chi connectivity index (χ1) is 13.0. The summed E-state index contributed by atoms with van der Waals surface area (Å²) in [5, 5.41) is 9.92. The maximum atomic E-state index is 11.9. The summed E-state index contributed by atoms with van der Waals surface area (Å²) in [4.78, 5) is 22.7. The van der Waals surface area contributed by atoms with Crippen LogP contribution in [0.1, 0.15) is 40.5 Å². The van der Waals surface area contributed by atoms with Gasteiger partial charge in [-0.25, -0.2) is 9.98 Å². The van der Waals surface area contributed by atoms with Crippen molar-refractivity contribution in [3.05, 3.63) is 51.5 Å². The van der Waals surface area contributed by atoms with Crippen molar-refractivity contribution in [2.75, 3.05) is 27.2 Å². The van der Waals surface area contributed by atoms with E-state index in [2.05, 4.69) is 32.9 Å². The van der Waals surface area contributed by atoms with Crippen LogP contribution < -0.4 is 10.6 Å². The molecule has 1 amide bonds. The summed E-state index contributed by atoms with van der Waals surface area (Å²) in [5.41, 5.74) is 2.88. The average Bonchev–Trinajstić information content (AvgIpc) is 3.14. The number of carbonyl (C=O) groups is 1. The molecule has 0 fully saturated rings. The molecule has 0 unspecified atom stereocenters. The van der Waals surface area contributed by atoms with Gasteiger partial charge in [0.15, 0.2) is 5.96 Å². The summed E-state index contributed by atoms with van der Waals surface area (Å²) in [5.74, 6) is 0.796. The number of nitrogens with zero attached hydrogens (tertiary/aromatic N) is 3. The Morgan fingerprint density at radius 1 is 1.18 bits per heavy atom. The Labute approximate surface area is 188 Å². The van der Waals surface area contributed by atoms with Crippen molar-refractivity contribution in [1.82, 2.24) is 20.5 Å². The highest BCUT2D eigenvalue weighted by atomic mass is 127. The lowest BCUT2D eigenvalue weighted by Crippen LogP contribution is -2.38. The molecule has 28 heavy (non-hydrogen) atoms. The van der Waals surface area contributed by atoms with Gasteiger partial charge >= 0.3 is 0 Å². The summed E-state index contributed by atoms with van der Waals surface area (Å²) < 4.78 is 0. The van der Waals surface area contributed by atoms with Gasteiger partial charge in [-0.05, 0) is 31.0 Å². The molecule has 1 aromatic carbocycles. The van der Waals surface area contributed by atoms with Crippen molar-refractivity contribution in [3.63, 3.8) is 0 Å². The van der Waals surface area contributed by atoms with E-state index in [1.54, 1.807) is 30.3 Å². The third-order valence-corrected chi connectivity index (χ3v) is 4.99. The molecule has 0 spiro atoms. The molecule has 0 saturated carbocycles. The van der Waals surface area contributed by atoms with Crippen LogP contribution in [0, 0.1) is 0 Å². The van der Waals surface area contributed by atoms with E-state index >= 15 is 0 Å². The predicted octanol–water partition coefficient (Wildman–Crippen LogP) is 3.32. The number of rotatable bonds is 8. The monoisotopic (exact) mass is 515 g/mol. The lowest BCUT2D eigenvalue weighted by atomic mass is 10.1. The molecular formula is C20H30IN5OS. The molecular weight excluding hydrogens is 485 g/mol. The topological polar surface area (TPSA) is 69.6 Å². The summed E-state index contributed by atoms with van der Waals surface area (Å²) >= 11 is 1.72. The van der Waals surface area contributed by atoms with E-state index in [1.165, 1.54) is 5.01 Å². The summed E-state index contributed by atoms with van der Waals surface area (Å²) in [6, 6.07) is 7.60. The molecule has 1 heterocycles. The van der Waals surface area contributed by atoms with Crippen molar-refractivity contribution in [1.29, 1.82) is 0 Å². The standard InChI is InChI=1S/C20H29N5OS.HI/c1-5-18-24-17(14-27-18)11-12-22-20(21-6-2)23-13-15-7-9-16(10-8-15)19(26)25(3)4;/h7-10,14H,5-6,11-13H2,1-4H3,(H2,21,22,23);1H. The van der Waals surface area contributed by atoms with Crippen molar-refractivity contribution >= 4 is 47.2 Å². The third kappa shape index (κ3) is 7.75. The van der Waals surface area contributed by atoms with Crippen molar-refractivity contribution < 1.29 is 4.79 Å². The molecule has 0 aliphatic carbocycles. The summed E-state index contributed by atoms with van der Waals surface area (Å²) in [6.45, 7) is 6.32. The van der Waals surface area contributed by atoms with Crippen LogP contribution in [0.5, 0.6) is 0 Å². The fourth-order valence-corrected chi connectivity index (χ4v) is 3.24. The first kappa shape index (κ1) is 24.4. The molecule has 0 aliphatic rings. The first-order valence-corrected chi connectivity index (χ1v) is 10.2. The van der Waals surface area contributed by atoms with Gasteiger partial charge in [0.2, 0.25) is 0 Å². The minimum absolute atomic E-state index is 0. The van der Waals surface area contributed by atoms with Gasteiger partial charge in [0.1, 0.15) is 0 Å². The highest BCUT2D eigenvalue weighted by molar-refractivity contribution is 14.0. The first-order valence-electron chi connectivity index (χ1n) is 9.29. The fourth-order valence-electron chi connectivity index (χ4n) is 2.46. The number of thiazole rings is 1. The molecule has 0 aliphatic heterocycles. The number of guanidine groups is 1. The second-order valence-electron chi connectivity index (χ2n) is 6.35. The van der Waals surface area contributed by atoms with E-state index in [9.17, 15) is 4.79 Å². The number of carbonyl (C=O) groups excluding carboxylic acids is 1. The predicted molar refractivity (Wildman–Crippen MR) is 128 cm³/mol. The van der Waals surface area contributed by atoms with E-state index in [4.69, 9.17) is 0 Å². The van der Waals surface area contributed by atoms with E-state index in [-0.39, 0.29) is 29.9 Å². The molecule has 2 aromatic rings. The largest absolute Gasteiger partial charge is 0.357 e. The Morgan fingerprint density at radius 2 is 1.89 bits per heavy atom. The van der Waals surface area contributed by atoms with E-state index in [0.717, 1.165) is 43.1 Å². The average molecular weight is 515 g/mol. The minimum atomic E-state index is 0. The maximum Gasteiger partial charge on any atom is 0.253 e. The number of benzene rings is 1. The fraction of sp³-hybridized carbons (Fsp3) is 0.450. The van der Waals surface area contributed by atoms with Gasteiger partial charge in [0.05, 0.1) is 17.2 Å². The number of hydrogen-bond acceptors (Lipinski definition) is 4. The maximum absolute atomic E-state index is 11.9. The third-order valence-electron chi connectivity index (χ3n) is 3.95. The van der Waals surface area contributed by atoms with E-state index in [1.807, 2.05) is 31.2 Å². The SMILES string of the molecule is CCNC(=NCc1ccc(C(=O)N(C)C)cc1)NCCc1csc(CC)n1.I. The summed E-state index contributed by atoms with van der Waals surface area (Å²) in [7, 11) is 3.51. The van der Waals surface area contributed by atoms with Crippen molar-refractivity contribution in [2.24, 2.45) is 4.99 Å². The lowest BCUT2D eigenvalue weighted by Gasteiger charge is -2.11. The number of nitrogens with one attached hydrogen (secondary N) is 2. The Bertz CT molecular complexity index is 758. The number of hydrogen-bond donors (Lipinski definition) is 2. The number of halogens is 1. The highest BCUT2D eigenvalue weighted by Crippen LogP contribution is 2.10. The van der Waals surface area contributed by atoms with Crippen LogP contribution in [0.15, 0.2) is 34.6 Å². The molecule has 2 rings (SSSR count). The molecule has 0 bridgehead atoms. The second-order valence-corrected chi connectivity index (χ2v) is 7.30. The lowest BCUT2D eigenvalue weighted by molar-refractivity contribution is 0.0827. The molecule has 0 radical (unpaired) electrons. The number of aryl methyl sites for hydroxylation is 1. The minimum Gasteiger partial charge on any atom is -0.357 e. The summed E-state index contributed by atoms with van der Waals surface area (Å²) in [6.07, 6.45) is 1.86. The highest BCUT2D eigenvalue weighted by Gasteiger charge is 2.07. The zero-order chi connectivity index (χ0) is 19.6. The molecule has 1 aromatic heterocycles. The molecule has 6 nitrogen and oxygen atoms in total. The zero-order valence-corrected chi connectivity index (χ0v) is 20.1. The van der Waals surface area contributed by atoms with Crippen molar-refractivity contribution in [2.45, 2.75) is 33.2 Å². The van der Waals surface area contributed by atoms with Gasteiger partial charge in [-0.15, -0.1) is 35.3 Å². The Morgan fingerprint density at radius 3 is 2.46 bits per heavy atom. The molecule has 0 saturated heterocycles. The van der Waals surface area contributed by atoms with Crippen LogP contribution in [-0.2, 0) is 19.4 Å². The molecule has 8 heteroatoms. The van der Waals surface area contributed by atoms with Gasteiger partial charge in [-0.2, -0.15) is 0 Å². The van der Waals surface area contributed by atoms with Gasteiger partial charge in [-0.1, -0.05) is 19.1 Å². The van der Waals surface area contributed by atoms with Crippen LogP contribution in [0.3, 0.4) is 0 Å². The second kappa shape index (κ2) is 12.7. The quantitative estimate of drug-likeness (QED) is 0.322. The molecule has 2 N–H and O–H groups in total. The van der Waals surface area contributed by atoms with Gasteiger partial charge < -0.3 is 15.5 Å². The van der Waals surface area contributed by atoms with E-state index < -0.39 is 0 Å². The normalized spacial score (nSPS) is 10.9. The van der Waals surface area contributed by atoms with Crippen LogP contribution in [-0.4, -0.2) is 48.9 Å². The smallest absolute Gasteiger partial charge is 0.253 e.